The molecule has 0 aliphatic rings. The number of sulfonamides is 1. The third kappa shape index (κ3) is 3.26. The molecule has 0 aliphatic carbocycles. The number of nitrogens with zero attached hydrogens (tertiary/aromatic N) is 2. The molecule has 3 N–H and O–H groups in total. The number of benzene rings is 1. The summed E-state index contributed by atoms with van der Waals surface area (Å²) in [5, 5.41) is 0. The number of nitrogen functional groups attached to an aromatic ring is 1. The van der Waals surface area contributed by atoms with Crippen molar-refractivity contribution in [2.24, 2.45) is 0 Å². The number of nitrogens with one attached hydrogen (secondary N) is 1. The van der Waals surface area contributed by atoms with Crippen LogP contribution in [0.4, 0.5) is 11.5 Å². The van der Waals surface area contributed by atoms with Gasteiger partial charge in [0.2, 0.25) is 0 Å². The van der Waals surface area contributed by atoms with Crippen LogP contribution in [0.1, 0.15) is 12.5 Å². The molecule has 6 nitrogen and oxygen atoms in total. The molecule has 0 atom stereocenters. The molecule has 0 bridgehead atoms. The highest BCUT2D eigenvalue weighted by Crippen LogP contribution is 2.22. The first-order valence-electron chi connectivity index (χ1n) is 5.81. The van der Waals surface area contributed by atoms with E-state index in [1.165, 1.54) is 18.5 Å². The van der Waals surface area contributed by atoms with Crippen LogP contribution >= 0.6 is 15.9 Å². The Bertz CT molecular complexity index is 717. The minimum Gasteiger partial charge on any atom is -0.399 e. The smallest absolute Gasteiger partial charge is 0.263 e. The first-order chi connectivity index (χ1) is 9.42. The van der Waals surface area contributed by atoms with Crippen LogP contribution in [0.15, 0.2) is 40.1 Å². The van der Waals surface area contributed by atoms with E-state index >= 15 is 0 Å². The fraction of sp³-hybridized carbons (Fsp3) is 0.167. The molecule has 0 amide bonds. The Hall–Kier alpha value is -1.67. The number of aromatic nitrogens is 2. The zero-order chi connectivity index (χ0) is 14.8. The van der Waals surface area contributed by atoms with Gasteiger partial charge in [-0.2, -0.15) is 0 Å². The van der Waals surface area contributed by atoms with Gasteiger partial charge in [-0.15, -0.1) is 0 Å². The summed E-state index contributed by atoms with van der Waals surface area (Å²) in [5.41, 5.74) is 6.75. The van der Waals surface area contributed by atoms with Crippen LogP contribution in [0.3, 0.4) is 0 Å². The lowest BCUT2D eigenvalue weighted by Crippen LogP contribution is -2.16. The Morgan fingerprint density at radius 2 is 2.05 bits per heavy atom. The fourth-order valence-electron chi connectivity index (χ4n) is 1.67. The first kappa shape index (κ1) is 14.7. The van der Waals surface area contributed by atoms with Gasteiger partial charge >= 0.3 is 0 Å². The molecule has 0 radical (unpaired) electrons. The van der Waals surface area contributed by atoms with Gasteiger partial charge in [-0.25, -0.2) is 18.4 Å². The molecule has 1 aromatic heterocycles. The van der Waals surface area contributed by atoms with E-state index in [1.54, 1.807) is 12.1 Å². The van der Waals surface area contributed by atoms with E-state index in [1.807, 2.05) is 6.92 Å². The minimum absolute atomic E-state index is 0.151. The van der Waals surface area contributed by atoms with Gasteiger partial charge < -0.3 is 5.73 Å². The van der Waals surface area contributed by atoms with Gasteiger partial charge in [-0.1, -0.05) is 13.0 Å². The van der Waals surface area contributed by atoms with Crippen molar-refractivity contribution in [1.82, 2.24) is 9.97 Å². The van der Waals surface area contributed by atoms with Crippen LogP contribution in [0.25, 0.3) is 0 Å². The predicted molar refractivity (Wildman–Crippen MR) is 80.8 cm³/mol. The molecule has 106 valence electrons. The predicted octanol–water partition coefficient (Wildman–Crippen LogP) is 2.18. The summed E-state index contributed by atoms with van der Waals surface area (Å²) in [6.45, 7) is 1.88. The van der Waals surface area contributed by atoms with Crippen molar-refractivity contribution in [2.45, 2.75) is 18.2 Å². The topological polar surface area (TPSA) is 98.0 Å². The Morgan fingerprint density at radius 3 is 2.65 bits per heavy atom. The number of aryl methyl sites for hydroxylation is 1. The largest absolute Gasteiger partial charge is 0.399 e. The summed E-state index contributed by atoms with van der Waals surface area (Å²) < 4.78 is 27.7. The van der Waals surface area contributed by atoms with Crippen LogP contribution in [-0.2, 0) is 16.4 Å². The van der Waals surface area contributed by atoms with Crippen molar-refractivity contribution in [3.63, 3.8) is 0 Å². The molecule has 2 aromatic rings. The molecular weight excluding hydrogens is 344 g/mol. The van der Waals surface area contributed by atoms with Gasteiger partial charge in [0.1, 0.15) is 4.60 Å². The lowest BCUT2D eigenvalue weighted by atomic mass is 10.1. The van der Waals surface area contributed by atoms with E-state index in [0.29, 0.717) is 22.3 Å². The van der Waals surface area contributed by atoms with Crippen molar-refractivity contribution >= 4 is 37.5 Å². The molecule has 0 aliphatic heterocycles. The van der Waals surface area contributed by atoms with Crippen LogP contribution in [0.5, 0.6) is 0 Å². The van der Waals surface area contributed by atoms with Gasteiger partial charge in [0, 0.05) is 5.69 Å². The lowest BCUT2D eigenvalue weighted by molar-refractivity contribution is 0.600. The summed E-state index contributed by atoms with van der Waals surface area (Å²) in [6, 6.07) is 4.82. The average Bonchev–Trinajstić information content (AvgIpc) is 2.41. The van der Waals surface area contributed by atoms with Gasteiger partial charge in [0.05, 0.1) is 17.3 Å². The highest BCUT2D eigenvalue weighted by Gasteiger charge is 2.19. The molecule has 0 spiro atoms. The first-order valence-corrected chi connectivity index (χ1v) is 8.09. The van der Waals surface area contributed by atoms with Gasteiger partial charge in [-0.05, 0) is 40.0 Å². The molecule has 0 unspecified atom stereocenters. The number of halogens is 1. The molecule has 2 rings (SSSR count). The van der Waals surface area contributed by atoms with Crippen LogP contribution in [0, 0.1) is 0 Å². The maximum absolute atomic E-state index is 12.4. The summed E-state index contributed by atoms with van der Waals surface area (Å²) in [5.74, 6) is 0.151. The molecule has 0 saturated heterocycles. The molecule has 8 heteroatoms. The Kier molecular flexibility index (Phi) is 4.24. The Morgan fingerprint density at radius 1 is 1.30 bits per heavy atom. The van der Waals surface area contributed by atoms with Crippen LogP contribution < -0.4 is 10.5 Å². The molecule has 1 aromatic carbocycles. The quantitative estimate of drug-likeness (QED) is 0.818. The molecular formula is C12H13BrN4O2S. The summed E-state index contributed by atoms with van der Waals surface area (Å²) >= 11 is 3.13. The van der Waals surface area contributed by atoms with Crippen LogP contribution in [0.2, 0.25) is 0 Å². The van der Waals surface area contributed by atoms with Gasteiger partial charge in [-0.3, -0.25) is 4.72 Å². The maximum atomic E-state index is 12.4. The molecule has 20 heavy (non-hydrogen) atoms. The van der Waals surface area contributed by atoms with E-state index in [4.69, 9.17) is 5.73 Å². The Labute approximate surface area is 125 Å². The van der Waals surface area contributed by atoms with Crippen LogP contribution in [-0.4, -0.2) is 18.4 Å². The normalized spacial score (nSPS) is 11.3. The zero-order valence-electron chi connectivity index (χ0n) is 10.7. The zero-order valence-corrected chi connectivity index (χ0v) is 13.1. The van der Waals surface area contributed by atoms with E-state index in [0.717, 1.165) is 0 Å². The SMILES string of the molecule is CCc1ccc(N)cc1S(=O)(=O)Nc1cnc(Br)cn1. The van der Waals surface area contributed by atoms with E-state index in [2.05, 4.69) is 30.6 Å². The fourth-order valence-corrected chi connectivity index (χ4v) is 3.22. The van der Waals surface area contributed by atoms with Gasteiger partial charge in [0.15, 0.2) is 5.82 Å². The average molecular weight is 357 g/mol. The van der Waals surface area contributed by atoms with Crippen molar-refractivity contribution in [3.05, 3.63) is 40.8 Å². The van der Waals surface area contributed by atoms with Crippen molar-refractivity contribution in [1.29, 1.82) is 0 Å². The maximum Gasteiger partial charge on any atom is 0.263 e. The number of anilines is 2. The second-order valence-corrected chi connectivity index (χ2v) is 6.51. The summed E-state index contributed by atoms with van der Waals surface area (Å²) in [6.07, 6.45) is 3.33. The third-order valence-corrected chi connectivity index (χ3v) is 4.47. The minimum atomic E-state index is -3.74. The van der Waals surface area contributed by atoms with E-state index < -0.39 is 10.0 Å². The summed E-state index contributed by atoms with van der Waals surface area (Å²) in [4.78, 5) is 8.01. The van der Waals surface area contributed by atoms with Gasteiger partial charge in [0.25, 0.3) is 10.0 Å². The monoisotopic (exact) mass is 356 g/mol. The standard InChI is InChI=1S/C12H13BrN4O2S/c1-2-8-3-4-9(14)5-10(8)20(18,19)17-12-7-15-11(13)6-16-12/h3-7H,2,14H2,1H3,(H,16,17). The van der Waals surface area contributed by atoms with Crippen molar-refractivity contribution in [3.8, 4) is 0 Å². The van der Waals surface area contributed by atoms with Crippen molar-refractivity contribution < 1.29 is 8.42 Å². The van der Waals surface area contributed by atoms with Crippen molar-refractivity contribution in [2.75, 3.05) is 10.5 Å². The summed E-state index contributed by atoms with van der Waals surface area (Å²) in [7, 11) is -3.74. The highest BCUT2D eigenvalue weighted by molar-refractivity contribution is 9.10. The second-order valence-electron chi connectivity index (χ2n) is 4.05. The molecule has 1 heterocycles. The highest BCUT2D eigenvalue weighted by atomic mass is 79.9. The number of rotatable bonds is 4. The lowest BCUT2D eigenvalue weighted by Gasteiger charge is -2.11. The second kappa shape index (κ2) is 5.76. The third-order valence-electron chi connectivity index (χ3n) is 2.62. The number of hydrogen-bond donors (Lipinski definition) is 2. The number of hydrogen-bond acceptors (Lipinski definition) is 5. The molecule has 0 fully saturated rings. The number of nitrogens with two attached hydrogens (primary N) is 1. The van der Waals surface area contributed by atoms with E-state index in [-0.39, 0.29) is 10.7 Å². The Balaban J connectivity index is 2.40. The van der Waals surface area contributed by atoms with E-state index in [9.17, 15) is 8.42 Å². The molecule has 0 saturated carbocycles.